The number of esters is 1. The molecule has 0 unspecified atom stereocenters. The molecule has 0 bridgehead atoms. The van der Waals surface area contributed by atoms with Gasteiger partial charge in [-0.3, -0.25) is 9.59 Å². The van der Waals surface area contributed by atoms with Crippen LogP contribution in [0.5, 0.6) is 0 Å². The van der Waals surface area contributed by atoms with E-state index in [1.54, 1.807) is 37.3 Å². The van der Waals surface area contributed by atoms with Gasteiger partial charge in [0.1, 0.15) is 5.00 Å². The topological polar surface area (TPSA) is 101 Å². The summed E-state index contributed by atoms with van der Waals surface area (Å²) in [6.07, 6.45) is 0. The average molecular weight is 466 g/mol. The Bertz CT molecular complexity index is 1330. The number of anilines is 1. The van der Waals surface area contributed by atoms with Crippen LogP contribution < -0.4 is 10.9 Å². The summed E-state index contributed by atoms with van der Waals surface area (Å²) in [5, 5.41) is 4.07. The lowest BCUT2D eigenvalue weighted by Gasteiger charge is -2.06. The van der Waals surface area contributed by atoms with Gasteiger partial charge in [-0.05, 0) is 30.7 Å². The van der Waals surface area contributed by atoms with Crippen LogP contribution in [0.1, 0.15) is 17.3 Å². The molecule has 0 spiro atoms. The fraction of sp³-hybridized carbons (Fsp3) is 0.130. The summed E-state index contributed by atoms with van der Waals surface area (Å²) in [4.78, 5) is 45.1. The summed E-state index contributed by atoms with van der Waals surface area (Å²) in [6, 6.07) is 18.3. The van der Waals surface area contributed by atoms with Crippen molar-refractivity contribution in [1.82, 2.24) is 9.97 Å². The molecule has 0 aliphatic heterocycles. The van der Waals surface area contributed by atoms with Crippen molar-refractivity contribution in [3.8, 4) is 10.4 Å². The number of H-pyrrole nitrogens is 1. The number of fused-ring (bicyclic) bond motifs is 1. The van der Waals surface area contributed by atoms with Crippen LogP contribution in [0.25, 0.3) is 21.3 Å². The molecular formula is C23H19N3O4S2. The van der Waals surface area contributed by atoms with Gasteiger partial charge in [0.05, 0.1) is 28.8 Å². The highest BCUT2D eigenvalue weighted by molar-refractivity contribution is 7.99. The van der Waals surface area contributed by atoms with Gasteiger partial charge in [-0.2, -0.15) is 0 Å². The summed E-state index contributed by atoms with van der Waals surface area (Å²) >= 11 is 2.42. The van der Waals surface area contributed by atoms with E-state index in [1.807, 2.05) is 30.3 Å². The highest BCUT2D eigenvalue weighted by atomic mass is 32.2. The van der Waals surface area contributed by atoms with Crippen LogP contribution in [0.2, 0.25) is 0 Å². The van der Waals surface area contributed by atoms with E-state index in [9.17, 15) is 14.4 Å². The highest BCUT2D eigenvalue weighted by Gasteiger charge is 2.20. The number of aromatic amines is 1. The first-order valence-electron chi connectivity index (χ1n) is 9.83. The zero-order chi connectivity index (χ0) is 22.5. The number of benzene rings is 2. The molecule has 0 aliphatic carbocycles. The molecule has 7 nitrogen and oxygen atoms in total. The van der Waals surface area contributed by atoms with Gasteiger partial charge >= 0.3 is 5.97 Å². The Kier molecular flexibility index (Phi) is 6.67. The third-order valence-corrected chi connectivity index (χ3v) is 6.44. The number of carbonyl (C=O) groups excluding carboxylic acids is 2. The molecule has 162 valence electrons. The van der Waals surface area contributed by atoms with Crippen molar-refractivity contribution in [3.63, 3.8) is 0 Å². The lowest BCUT2D eigenvalue weighted by Crippen LogP contribution is -2.17. The standard InChI is InChI=1S/C23H19N3O4S2/c1-2-30-22(29)16-12-18(14-8-4-3-5-9-14)32-21(16)25-19(27)13-31-23-24-17-11-7-6-10-15(17)20(28)26-23/h3-12H,2,13H2,1H3,(H,25,27)(H,24,26,28). The molecule has 0 radical (unpaired) electrons. The molecule has 1 amide bonds. The van der Waals surface area contributed by atoms with E-state index in [4.69, 9.17) is 4.74 Å². The highest BCUT2D eigenvalue weighted by Crippen LogP contribution is 2.36. The fourth-order valence-corrected chi connectivity index (χ4v) is 4.75. The molecule has 0 fully saturated rings. The number of ether oxygens (including phenoxy) is 1. The third kappa shape index (κ3) is 4.90. The Balaban J connectivity index is 1.51. The van der Waals surface area contributed by atoms with Gasteiger partial charge < -0.3 is 15.0 Å². The Morgan fingerprint density at radius 3 is 2.66 bits per heavy atom. The van der Waals surface area contributed by atoms with E-state index in [-0.39, 0.29) is 23.8 Å². The molecular weight excluding hydrogens is 446 g/mol. The summed E-state index contributed by atoms with van der Waals surface area (Å²) < 4.78 is 5.14. The number of thiophene rings is 1. The number of carbonyl (C=O) groups is 2. The van der Waals surface area contributed by atoms with Crippen LogP contribution in [-0.2, 0) is 9.53 Å². The van der Waals surface area contributed by atoms with Crippen molar-refractivity contribution in [2.24, 2.45) is 0 Å². The lowest BCUT2D eigenvalue weighted by molar-refractivity contribution is -0.113. The van der Waals surface area contributed by atoms with E-state index in [0.717, 1.165) is 22.2 Å². The third-order valence-electron chi connectivity index (χ3n) is 4.47. The molecule has 2 aromatic heterocycles. The molecule has 0 atom stereocenters. The molecule has 4 aromatic rings. The Morgan fingerprint density at radius 2 is 1.88 bits per heavy atom. The number of hydrogen-bond acceptors (Lipinski definition) is 7. The maximum atomic E-state index is 12.6. The van der Waals surface area contributed by atoms with Gasteiger partial charge in [0.15, 0.2) is 5.16 Å². The first-order chi connectivity index (χ1) is 15.5. The Morgan fingerprint density at radius 1 is 1.12 bits per heavy atom. The quantitative estimate of drug-likeness (QED) is 0.236. The number of hydrogen-bond donors (Lipinski definition) is 2. The molecule has 2 heterocycles. The van der Waals surface area contributed by atoms with E-state index in [1.165, 1.54) is 11.3 Å². The van der Waals surface area contributed by atoms with Gasteiger partial charge in [0.2, 0.25) is 5.91 Å². The Labute approximate surface area is 191 Å². The molecule has 0 aliphatic rings. The summed E-state index contributed by atoms with van der Waals surface area (Å²) in [6.45, 7) is 1.97. The monoisotopic (exact) mass is 465 g/mol. The number of amides is 1. The van der Waals surface area contributed by atoms with Crippen LogP contribution in [0, 0.1) is 0 Å². The predicted octanol–water partition coefficient (Wildman–Crippen LogP) is 4.56. The van der Waals surface area contributed by atoms with Crippen molar-refractivity contribution < 1.29 is 14.3 Å². The van der Waals surface area contributed by atoms with Gasteiger partial charge in [-0.15, -0.1) is 11.3 Å². The number of para-hydroxylation sites is 1. The van der Waals surface area contributed by atoms with Crippen LogP contribution in [0.15, 0.2) is 70.6 Å². The van der Waals surface area contributed by atoms with Crippen molar-refractivity contribution in [2.75, 3.05) is 17.7 Å². The number of thioether (sulfide) groups is 1. The molecule has 9 heteroatoms. The van der Waals surface area contributed by atoms with Gasteiger partial charge in [-0.1, -0.05) is 54.2 Å². The van der Waals surface area contributed by atoms with Crippen molar-refractivity contribution >= 4 is 50.9 Å². The minimum absolute atomic E-state index is 0.0160. The first-order valence-corrected chi connectivity index (χ1v) is 11.6. The van der Waals surface area contributed by atoms with E-state index >= 15 is 0 Å². The second-order valence-corrected chi connectivity index (χ2v) is 8.68. The van der Waals surface area contributed by atoms with E-state index < -0.39 is 5.97 Å². The number of nitrogens with zero attached hydrogens (tertiary/aromatic N) is 1. The zero-order valence-corrected chi connectivity index (χ0v) is 18.7. The summed E-state index contributed by atoms with van der Waals surface area (Å²) in [7, 11) is 0. The molecule has 2 N–H and O–H groups in total. The largest absolute Gasteiger partial charge is 0.462 e. The summed E-state index contributed by atoms with van der Waals surface area (Å²) in [5.74, 6) is -0.797. The smallest absolute Gasteiger partial charge is 0.341 e. The molecule has 2 aromatic carbocycles. The van der Waals surface area contributed by atoms with Gasteiger partial charge in [0, 0.05) is 4.88 Å². The van der Waals surface area contributed by atoms with Gasteiger partial charge in [0.25, 0.3) is 5.56 Å². The average Bonchev–Trinajstić information content (AvgIpc) is 3.22. The molecule has 0 saturated carbocycles. The normalized spacial score (nSPS) is 10.8. The SMILES string of the molecule is CCOC(=O)c1cc(-c2ccccc2)sc1NC(=O)CSc1nc2ccccc2c(=O)[nH]1. The summed E-state index contributed by atoms with van der Waals surface area (Å²) in [5.41, 5.74) is 1.56. The van der Waals surface area contributed by atoms with Crippen molar-refractivity contribution in [1.29, 1.82) is 0 Å². The van der Waals surface area contributed by atoms with E-state index in [0.29, 0.717) is 26.6 Å². The van der Waals surface area contributed by atoms with Gasteiger partial charge in [-0.25, -0.2) is 9.78 Å². The number of rotatable bonds is 7. The Hall–Kier alpha value is -3.43. The minimum Gasteiger partial charge on any atom is -0.462 e. The van der Waals surface area contributed by atoms with Crippen LogP contribution in [0.4, 0.5) is 5.00 Å². The molecule has 0 saturated heterocycles. The van der Waals surface area contributed by atoms with Crippen LogP contribution in [0.3, 0.4) is 0 Å². The molecule has 4 rings (SSSR count). The fourth-order valence-electron chi connectivity index (χ4n) is 3.02. The maximum Gasteiger partial charge on any atom is 0.341 e. The lowest BCUT2D eigenvalue weighted by atomic mass is 10.1. The predicted molar refractivity (Wildman–Crippen MR) is 127 cm³/mol. The van der Waals surface area contributed by atoms with Crippen LogP contribution in [-0.4, -0.2) is 34.2 Å². The second-order valence-electron chi connectivity index (χ2n) is 6.67. The maximum absolute atomic E-state index is 12.6. The first kappa shape index (κ1) is 21.8. The van der Waals surface area contributed by atoms with Crippen LogP contribution >= 0.6 is 23.1 Å². The second kappa shape index (κ2) is 9.80. The zero-order valence-electron chi connectivity index (χ0n) is 17.1. The van der Waals surface area contributed by atoms with Crippen molar-refractivity contribution in [3.05, 3.63) is 76.6 Å². The van der Waals surface area contributed by atoms with Crippen molar-refractivity contribution in [2.45, 2.75) is 12.1 Å². The van der Waals surface area contributed by atoms with E-state index in [2.05, 4.69) is 15.3 Å². The molecule has 32 heavy (non-hydrogen) atoms. The number of aromatic nitrogens is 2. The minimum atomic E-state index is -0.491. The number of nitrogens with one attached hydrogen (secondary N) is 2.